The van der Waals surface area contributed by atoms with Crippen LogP contribution in [0, 0.1) is 6.92 Å². The highest BCUT2D eigenvalue weighted by atomic mass is 16.3. The van der Waals surface area contributed by atoms with Gasteiger partial charge in [-0.3, -0.25) is 14.6 Å². The van der Waals surface area contributed by atoms with Crippen LogP contribution in [0.15, 0.2) is 84.8 Å². The van der Waals surface area contributed by atoms with Crippen LogP contribution < -0.4 is 0 Å². The second-order valence-corrected chi connectivity index (χ2v) is 8.25. The molecule has 2 N–H and O–H groups in total. The molecule has 0 bridgehead atoms. The van der Waals surface area contributed by atoms with Crippen molar-refractivity contribution in [2.45, 2.75) is 19.4 Å². The summed E-state index contributed by atoms with van der Waals surface area (Å²) < 4.78 is 0. The smallest absolute Gasteiger partial charge is 0.295 e. The van der Waals surface area contributed by atoms with Gasteiger partial charge in [0.15, 0.2) is 0 Å². The summed E-state index contributed by atoms with van der Waals surface area (Å²) in [7, 11) is 0. The Morgan fingerprint density at radius 1 is 1.06 bits per heavy atom. The molecule has 0 spiro atoms. The summed E-state index contributed by atoms with van der Waals surface area (Å²) in [4.78, 5) is 35.2. The predicted molar refractivity (Wildman–Crippen MR) is 126 cm³/mol. The zero-order valence-corrected chi connectivity index (χ0v) is 18.2. The molecule has 2 aromatic heterocycles. The molecular formula is C27H23N3O3. The minimum atomic E-state index is -0.704. The van der Waals surface area contributed by atoms with Gasteiger partial charge in [-0.2, -0.15) is 0 Å². The van der Waals surface area contributed by atoms with Crippen molar-refractivity contribution < 1.29 is 14.7 Å². The SMILES string of the molecule is Cc1ccc(C(O)=C2C(=O)C(=O)N(CCc3c[nH]c4ccccc34)[C@H]2c2cccnc2)cc1. The van der Waals surface area contributed by atoms with Gasteiger partial charge in [0.2, 0.25) is 0 Å². The Kier molecular flexibility index (Phi) is 5.26. The number of carbonyl (C=O) groups is 2. The first kappa shape index (κ1) is 20.7. The van der Waals surface area contributed by atoms with Crippen LogP contribution in [-0.4, -0.2) is 38.2 Å². The summed E-state index contributed by atoms with van der Waals surface area (Å²) in [6, 6.07) is 18.1. The molecule has 1 aliphatic heterocycles. The van der Waals surface area contributed by atoms with Gasteiger partial charge in [-0.1, -0.05) is 54.1 Å². The van der Waals surface area contributed by atoms with Crippen LogP contribution in [0.5, 0.6) is 0 Å². The van der Waals surface area contributed by atoms with E-state index >= 15 is 0 Å². The molecule has 6 heteroatoms. The maximum Gasteiger partial charge on any atom is 0.295 e. The number of benzene rings is 2. The lowest BCUT2D eigenvalue weighted by Gasteiger charge is -2.25. The zero-order chi connectivity index (χ0) is 22.9. The number of nitrogens with one attached hydrogen (secondary N) is 1. The van der Waals surface area contributed by atoms with E-state index in [2.05, 4.69) is 9.97 Å². The van der Waals surface area contributed by atoms with Crippen molar-refractivity contribution in [1.29, 1.82) is 0 Å². The monoisotopic (exact) mass is 437 g/mol. The van der Waals surface area contributed by atoms with Crippen LogP contribution >= 0.6 is 0 Å². The number of hydrogen-bond acceptors (Lipinski definition) is 4. The Hall–Kier alpha value is -4.19. The summed E-state index contributed by atoms with van der Waals surface area (Å²) in [5.41, 5.74) is 4.41. The number of carbonyl (C=O) groups excluding carboxylic acids is 2. The third kappa shape index (κ3) is 3.69. The van der Waals surface area contributed by atoms with Crippen LogP contribution in [0.25, 0.3) is 16.7 Å². The van der Waals surface area contributed by atoms with Crippen molar-refractivity contribution in [2.24, 2.45) is 0 Å². The first-order valence-corrected chi connectivity index (χ1v) is 10.8. The van der Waals surface area contributed by atoms with E-state index in [1.165, 1.54) is 0 Å². The van der Waals surface area contributed by atoms with Gasteiger partial charge in [-0.05, 0) is 36.6 Å². The van der Waals surface area contributed by atoms with Gasteiger partial charge in [0.25, 0.3) is 11.7 Å². The molecule has 1 fully saturated rings. The van der Waals surface area contributed by atoms with E-state index in [0.29, 0.717) is 24.1 Å². The lowest BCUT2D eigenvalue weighted by Crippen LogP contribution is -2.31. The Labute approximate surface area is 191 Å². The van der Waals surface area contributed by atoms with Crippen molar-refractivity contribution in [3.05, 3.63) is 107 Å². The van der Waals surface area contributed by atoms with Gasteiger partial charge in [-0.15, -0.1) is 0 Å². The van der Waals surface area contributed by atoms with Crippen molar-refractivity contribution in [1.82, 2.24) is 14.9 Å². The van der Waals surface area contributed by atoms with E-state index < -0.39 is 17.7 Å². The quantitative estimate of drug-likeness (QED) is 0.273. The molecule has 2 aromatic carbocycles. The number of aromatic nitrogens is 2. The lowest BCUT2D eigenvalue weighted by molar-refractivity contribution is -0.139. The van der Waals surface area contributed by atoms with Crippen LogP contribution in [-0.2, 0) is 16.0 Å². The van der Waals surface area contributed by atoms with E-state index in [4.69, 9.17) is 0 Å². The third-order valence-electron chi connectivity index (χ3n) is 6.16. The molecule has 3 heterocycles. The number of Topliss-reactive ketones (excluding diaryl/α,β-unsaturated/α-hetero) is 1. The molecule has 0 saturated carbocycles. The average molecular weight is 437 g/mol. The van der Waals surface area contributed by atoms with E-state index in [1.807, 2.05) is 55.6 Å². The number of aryl methyl sites for hydroxylation is 1. The molecule has 33 heavy (non-hydrogen) atoms. The largest absolute Gasteiger partial charge is 0.507 e. The van der Waals surface area contributed by atoms with Crippen molar-refractivity contribution >= 4 is 28.4 Å². The zero-order valence-electron chi connectivity index (χ0n) is 18.2. The predicted octanol–water partition coefficient (Wildman–Crippen LogP) is 4.54. The molecule has 4 aromatic rings. The summed E-state index contributed by atoms with van der Waals surface area (Å²) in [5, 5.41) is 12.2. The number of aliphatic hydroxyl groups excluding tert-OH is 1. The normalized spacial score (nSPS) is 17.7. The van der Waals surface area contributed by atoms with Gasteiger partial charge < -0.3 is 15.0 Å². The number of nitrogens with zero attached hydrogens (tertiary/aromatic N) is 2. The van der Waals surface area contributed by atoms with Crippen molar-refractivity contribution in [3.63, 3.8) is 0 Å². The topological polar surface area (TPSA) is 86.3 Å². The molecular weight excluding hydrogens is 414 g/mol. The lowest BCUT2D eigenvalue weighted by atomic mass is 9.96. The molecule has 0 radical (unpaired) electrons. The first-order valence-electron chi connectivity index (χ1n) is 10.8. The van der Waals surface area contributed by atoms with Gasteiger partial charge in [0.05, 0.1) is 11.6 Å². The molecule has 0 unspecified atom stereocenters. The Morgan fingerprint density at radius 2 is 1.85 bits per heavy atom. The Bertz CT molecular complexity index is 1370. The minimum Gasteiger partial charge on any atom is -0.507 e. The van der Waals surface area contributed by atoms with Gasteiger partial charge in [0.1, 0.15) is 5.76 Å². The van der Waals surface area contributed by atoms with Crippen molar-refractivity contribution in [3.8, 4) is 0 Å². The number of aliphatic hydroxyl groups is 1. The first-order chi connectivity index (χ1) is 16.0. The molecule has 1 aliphatic rings. The average Bonchev–Trinajstić information content (AvgIpc) is 3.37. The highest BCUT2D eigenvalue weighted by Gasteiger charge is 2.46. The maximum atomic E-state index is 13.1. The summed E-state index contributed by atoms with van der Waals surface area (Å²) in [6.07, 6.45) is 5.78. The molecule has 0 aliphatic carbocycles. The van der Waals surface area contributed by atoms with Crippen LogP contribution in [0.4, 0.5) is 0 Å². The van der Waals surface area contributed by atoms with Crippen molar-refractivity contribution in [2.75, 3.05) is 6.54 Å². The molecule has 5 rings (SSSR count). The number of hydrogen-bond donors (Lipinski definition) is 2. The number of para-hydroxylation sites is 1. The molecule has 164 valence electrons. The van der Waals surface area contributed by atoms with Gasteiger partial charge in [-0.25, -0.2) is 0 Å². The summed E-state index contributed by atoms with van der Waals surface area (Å²) in [5.74, 6) is -1.46. The van der Waals surface area contributed by atoms with E-state index in [-0.39, 0.29) is 11.3 Å². The standard InChI is InChI=1S/C27H23N3O3/c1-17-8-10-18(11-9-17)25(31)23-24(20-5-4-13-28-15-20)30(27(33)26(23)32)14-12-19-16-29-22-7-3-2-6-21(19)22/h2-11,13,15-16,24,29,31H,12,14H2,1H3/t24-/m0/s1. The Balaban J connectivity index is 1.55. The molecule has 6 nitrogen and oxygen atoms in total. The molecule has 1 amide bonds. The van der Waals surface area contributed by atoms with E-state index in [0.717, 1.165) is 22.0 Å². The number of rotatable bonds is 5. The van der Waals surface area contributed by atoms with Crippen LogP contribution in [0.2, 0.25) is 0 Å². The fourth-order valence-corrected chi connectivity index (χ4v) is 4.44. The highest BCUT2D eigenvalue weighted by Crippen LogP contribution is 2.39. The second kappa shape index (κ2) is 8.39. The number of pyridine rings is 1. The van der Waals surface area contributed by atoms with E-state index in [1.54, 1.807) is 35.5 Å². The Morgan fingerprint density at radius 3 is 2.61 bits per heavy atom. The fourth-order valence-electron chi connectivity index (χ4n) is 4.44. The summed E-state index contributed by atoms with van der Waals surface area (Å²) >= 11 is 0. The van der Waals surface area contributed by atoms with E-state index in [9.17, 15) is 14.7 Å². The highest BCUT2D eigenvalue weighted by molar-refractivity contribution is 6.46. The van der Waals surface area contributed by atoms with Gasteiger partial charge in [0, 0.05) is 41.6 Å². The number of ketones is 1. The number of likely N-dealkylation sites (tertiary alicyclic amines) is 1. The number of fused-ring (bicyclic) bond motifs is 1. The van der Waals surface area contributed by atoms with Gasteiger partial charge >= 0.3 is 0 Å². The van der Waals surface area contributed by atoms with Crippen LogP contribution in [0.1, 0.15) is 28.3 Å². The fraction of sp³-hybridized carbons (Fsp3) is 0.148. The van der Waals surface area contributed by atoms with Crippen LogP contribution in [0.3, 0.4) is 0 Å². The molecule has 1 saturated heterocycles. The number of aromatic amines is 1. The summed E-state index contributed by atoms with van der Waals surface area (Å²) in [6.45, 7) is 2.28. The molecule has 1 atom stereocenters. The minimum absolute atomic E-state index is 0.0933. The number of H-pyrrole nitrogens is 1. The third-order valence-corrected chi connectivity index (χ3v) is 6.16. The number of amides is 1. The second-order valence-electron chi connectivity index (χ2n) is 8.25. The maximum absolute atomic E-state index is 13.1.